The van der Waals surface area contributed by atoms with E-state index in [-0.39, 0.29) is 12.5 Å². The molecule has 0 radical (unpaired) electrons. The summed E-state index contributed by atoms with van der Waals surface area (Å²) in [6.45, 7) is 1.59. The topological polar surface area (TPSA) is 54.6 Å². The first-order chi connectivity index (χ1) is 13.6. The minimum absolute atomic E-state index is 0.0435. The van der Waals surface area contributed by atoms with Gasteiger partial charge in [0.25, 0.3) is 5.91 Å². The lowest BCUT2D eigenvalue weighted by molar-refractivity contribution is -0.134. The fourth-order valence-electron chi connectivity index (χ4n) is 3.79. The van der Waals surface area contributed by atoms with E-state index in [1.165, 1.54) is 10.9 Å². The van der Waals surface area contributed by atoms with Gasteiger partial charge in [-0.1, -0.05) is 15.9 Å². The van der Waals surface area contributed by atoms with Crippen molar-refractivity contribution in [1.29, 1.82) is 0 Å². The number of methoxy groups -OCH3 is 1. The summed E-state index contributed by atoms with van der Waals surface area (Å²) in [7, 11) is 1.69. The molecule has 1 aromatic heterocycles. The number of carbonyl (C=O) groups is 1. The van der Waals surface area contributed by atoms with Gasteiger partial charge in [-0.15, -0.1) is 0 Å². The van der Waals surface area contributed by atoms with Crippen LogP contribution in [0.1, 0.15) is 24.3 Å². The van der Waals surface area contributed by atoms with Gasteiger partial charge in [0.1, 0.15) is 11.5 Å². The molecule has 0 spiro atoms. The monoisotopic (exact) mass is 442 g/mol. The summed E-state index contributed by atoms with van der Waals surface area (Å²) in [5.41, 5.74) is 2.43. The second-order valence-corrected chi connectivity index (χ2v) is 7.97. The van der Waals surface area contributed by atoms with E-state index in [0.29, 0.717) is 11.7 Å². The number of aromatic nitrogens is 1. The maximum atomic E-state index is 12.5. The molecule has 3 aromatic rings. The number of ether oxygens (including phenoxy) is 2. The fourth-order valence-corrected chi connectivity index (χ4v) is 4.06. The second kappa shape index (κ2) is 8.27. The Balaban J connectivity index is 1.35. The van der Waals surface area contributed by atoms with Crippen molar-refractivity contribution in [2.24, 2.45) is 0 Å². The van der Waals surface area contributed by atoms with Gasteiger partial charge in [0.2, 0.25) is 0 Å². The number of rotatable bonds is 5. The number of benzene rings is 2. The molecule has 146 valence electrons. The molecule has 0 bridgehead atoms. The molecule has 1 saturated heterocycles. The molecule has 1 amide bonds. The summed E-state index contributed by atoms with van der Waals surface area (Å²) in [4.78, 5) is 17.8. The van der Waals surface area contributed by atoms with E-state index >= 15 is 0 Å². The zero-order valence-corrected chi connectivity index (χ0v) is 17.4. The minimum atomic E-state index is 0.0435. The Kier molecular flexibility index (Phi) is 5.57. The van der Waals surface area contributed by atoms with E-state index in [2.05, 4.69) is 39.2 Å². The van der Waals surface area contributed by atoms with Crippen LogP contribution in [-0.4, -0.2) is 42.6 Å². The zero-order valence-electron chi connectivity index (χ0n) is 15.8. The number of fused-ring (bicyclic) bond motifs is 1. The van der Waals surface area contributed by atoms with E-state index in [1.807, 2.05) is 35.2 Å². The highest BCUT2D eigenvalue weighted by molar-refractivity contribution is 9.10. The molecular weight excluding hydrogens is 420 g/mol. The van der Waals surface area contributed by atoms with E-state index in [0.717, 1.165) is 41.7 Å². The van der Waals surface area contributed by atoms with Crippen LogP contribution in [0.4, 0.5) is 0 Å². The van der Waals surface area contributed by atoms with Gasteiger partial charge in [-0.2, -0.15) is 0 Å². The Hall–Kier alpha value is -2.47. The number of nitrogens with zero attached hydrogens (tertiary/aromatic N) is 1. The smallest absolute Gasteiger partial charge is 0.260 e. The number of hydrogen-bond donors (Lipinski definition) is 1. The number of carbonyl (C=O) groups excluding carboxylic acids is 1. The van der Waals surface area contributed by atoms with E-state index in [9.17, 15) is 4.79 Å². The first-order valence-electron chi connectivity index (χ1n) is 9.45. The van der Waals surface area contributed by atoms with Crippen LogP contribution in [0.5, 0.6) is 11.5 Å². The normalized spacial score (nSPS) is 15.0. The zero-order chi connectivity index (χ0) is 19.5. The van der Waals surface area contributed by atoms with Crippen LogP contribution < -0.4 is 9.47 Å². The molecule has 0 unspecified atom stereocenters. The average molecular weight is 443 g/mol. The third-order valence-corrected chi connectivity index (χ3v) is 5.91. The van der Waals surface area contributed by atoms with Crippen LogP contribution in [0.15, 0.2) is 53.1 Å². The Morgan fingerprint density at radius 1 is 1.14 bits per heavy atom. The molecule has 0 aliphatic carbocycles. The molecule has 1 aliphatic heterocycles. The van der Waals surface area contributed by atoms with E-state index < -0.39 is 0 Å². The van der Waals surface area contributed by atoms with Crippen molar-refractivity contribution in [3.05, 3.63) is 58.7 Å². The summed E-state index contributed by atoms with van der Waals surface area (Å²) >= 11 is 3.39. The molecule has 0 saturated carbocycles. The van der Waals surface area contributed by atoms with Gasteiger partial charge in [-0.3, -0.25) is 4.79 Å². The van der Waals surface area contributed by atoms with Crippen LogP contribution in [-0.2, 0) is 4.79 Å². The number of hydrogen-bond acceptors (Lipinski definition) is 3. The van der Waals surface area contributed by atoms with E-state index in [1.54, 1.807) is 7.11 Å². The average Bonchev–Trinajstić information content (AvgIpc) is 3.16. The molecule has 1 aliphatic rings. The number of nitrogens with one attached hydrogen (secondary N) is 1. The molecule has 4 rings (SSSR count). The third-order valence-electron chi connectivity index (χ3n) is 5.38. The molecule has 5 nitrogen and oxygen atoms in total. The van der Waals surface area contributed by atoms with Gasteiger partial charge in [0.05, 0.1) is 7.11 Å². The molecule has 2 aromatic carbocycles. The van der Waals surface area contributed by atoms with Gasteiger partial charge < -0.3 is 19.4 Å². The first-order valence-corrected chi connectivity index (χ1v) is 10.2. The van der Waals surface area contributed by atoms with Gasteiger partial charge in [-0.05, 0) is 66.8 Å². The number of piperidine rings is 1. The maximum absolute atomic E-state index is 12.5. The van der Waals surface area contributed by atoms with Crippen molar-refractivity contribution in [2.45, 2.75) is 18.8 Å². The highest BCUT2D eigenvalue weighted by Gasteiger charge is 2.25. The third kappa shape index (κ3) is 4.02. The van der Waals surface area contributed by atoms with Crippen LogP contribution in [0.25, 0.3) is 10.9 Å². The summed E-state index contributed by atoms with van der Waals surface area (Å²) in [5.74, 6) is 2.06. The van der Waals surface area contributed by atoms with Crippen LogP contribution in [0.3, 0.4) is 0 Å². The Morgan fingerprint density at radius 2 is 1.86 bits per heavy atom. The molecule has 1 fully saturated rings. The Morgan fingerprint density at radius 3 is 2.57 bits per heavy atom. The van der Waals surface area contributed by atoms with Crippen molar-refractivity contribution in [3.63, 3.8) is 0 Å². The van der Waals surface area contributed by atoms with Gasteiger partial charge in [-0.25, -0.2) is 0 Å². The molecular formula is C22H23BrN2O3. The Bertz CT molecular complexity index is 960. The SMILES string of the molecule is COc1ccc2[nH]cc(C3CCN(C(=O)COc4ccc(Br)cc4)CC3)c2c1. The molecule has 1 N–H and O–H groups in total. The van der Waals surface area contributed by atoms with Gasteiger partial charge in [0.15, 0.2) is 6.61 Å². The quantitative estimate of drug-likeness (QED) is 0.621. The molecule has 6 heteroatoms. The summed E-state index contributed by atoms with van der Waals surface area (Å²) in [6, 6.07) is 13.6. The predicted molar refractivity (Wildman–Crippen MR) is 113 cm³/mol. The lowest BCUT2D eigenvalue weighted by atomic mass is 9.89. The summed E-state index contributed by atoms with van der Waals surface area (Å²) in [6.07, 6.45) is 4.01. The van der Waals surface area contributed by atoms with Crippen molar-refractivity contribution in [2.75, 3.05) is 26.8 Å². The molecule has 28 heavy (non-hydrogen) atoms. The standard InChI is InChI=1S/C22H23BrN2O3/c1-27-18-6-7-21-19(12-18)20(13-24-21)15-8-10-25(11-9-15)22(26)14-28-17-4-2-16(23)3-5-17/h2-7,12-13,15,24H,8-11,14H2,1H3. The lowest BCUT2D eigenvalue weighted by Gasteiger charge is -2.32. The van der Waals surface area contributed by atoms with Crippen LogP contribution >= 0.6 is 15.9 Å². The number of H-pyrrole nitrogens is 1. The maximum Gasteiger partial charge on any atom is 0.260 e. The number of amides is 1. The van der Waals surface area contributed by atoms with E-state index in [4.69, 9.17) is 9.47 Å². The first kappa shape index (κ1) is 18.9. The van der Waals surface area contributed by atoms with Crippen molar-refractivity contribution in [1.82, 2.24) is 9.88 Å². The molecule has 0 atom stereocenters. The van der Waals surface area contributed by atoms with Crippen LogP contribution in [0, 0.1) is 0 Å². The van der Waals surface area contributed by atoms with Crippen molar-refractivity contribution in [3.8, 4) is 11.5 Å². The van der Waals surface area contributed by atoms with Crippen molar-refractivity contribution < 1.29 is 14.3 Å². The largest absolute Gasteiger partial charge is 0.497 e. The number of likely N-dealkylation sites (tertiary alicyclic amines) is 1. The lowest BCUT2D eigenvalue weighted by Crippen LogP contribution is -2.40. The summed E-state index contributed by atoms with van der Waals surface area (Å²) < 4.78 is 12.0. The Labute approximate surface area is 172 Å². The highest BCUT2D eigenvalue weighted by Crippen LogP contribution is 2.34. The second-order valence-electron chi connectivity index (χ2n) is 7.05. The minimum Gasteiger partial charge on any atom is -0.497 e. The summed E-state index contributed by atoms with van der Waals surface area (Å²) in [5, 5.41) is 1.21. The van der Waals surface area contributed by atoms with Crippen molar-refractivity contribution >= 4 is 32.7 Å². The van der Waals surface area contributed by atoms with Crippen LogP contribution in [0.2, 0.25) is 0 Å². The predicted octanol–water partition coefficient (Wildman–Crippen LogP) is 4.72. The van der Waals surface area contributed by atoms with Gasteiger partial charge >= 0.3 is 0 Å². The number of halogens is 1. The fraction of sp³-hybridized carbons (Fsp3) is 0.318. The number of aromatic amines is 1. The highest BCUT2D eigenvalue weighted by atomic mass is 79.9. The molecule has 2 heterocycles. The van der Waals surface area contributed by atoms with Gasteiger partial charge in [0, 0.05) is 34.7 Å².